The predicted molar refractivity (Wildman–Crippen MR) is 92.4 cm³/mol. The zero-order valence-corrected chi connectivity index (χ0v) is 15.1. The van der Waals surface area contributed by atoms with Gasteiger partial charge in [0.25, 0.3) is 0 Å². The first kappa shape index (κ1) is 18.4. The second kappa shape index (κ2) is 8.22. The average Bonchev–Trinajstić information content (AvgIpc) is 2.58. The molecule has 0 aliphatic carbocycles. The van der Waals surface area contributed by atoms with Crippen LogP contribution >= 0.6 is 11.6 Å². The molecule has 3 aromatic rings. The van der Waals surface area contributed by atoms with Crippen LogP contribution in [-0.2, 0) is 13.0 Å². The van der Waals surface area contributed by atoms with Crippen LogP contribution in [0, 0.1) is 0 Å². The molecule has 0 aliphatic heterocycles. The molecule has 3 rings (SSSR count). The third kappa shape index (κ3) is 4.11. The van der Waals surface area contributed by atoms with Gasteiger partial charge >= 0.3 is 0 Å². The van der Waals surface area contributed by atoms with Crippen molar-refractivity contribution in [2.24, 2.45) is 0 Å². The Morgan fingerprint density at radius 2 is 1.67 bits per heavy atom. The number of rotatable bonds is 5. The summed E-state index contributed by atoms with van der Waals surface area (Å²) in [6.07, 6.45) is 5.14. The molecule has 1 aromatic heterocycles. The van der Waals surface area contributed by atoms with E-state index in [4.69, 9.17) is 21.1 Å². The molecule has 0 fully saturated rings. The Kier molecular flexibility index (Phi) is 6.29. The molecule has 3 nitrogen and oxygen atoms in total. The van der Waals surface area contributed by atoms with E-state index in [1.54, 1.807) is 14.2 Å². The van der Waals surface area contributed by atoms with Crippen molar-refractivity contribution in [2.75, 3.05) is 14.2 Å². The monoisotopic (exact) mass is 363 g/mol. The number of hydrogen-bond acceptors (Lipinski definition) is 2. The lowest BCUT2D eigenvalue weighted by molar-refractivity contribution is -0.695. The van der Waals surface area contributed by atoms with E-state index in [2.05, 4.69) is 29.1 Å². The van der Waals surface area contributed by atoms with Crippen LogP contribution < -0.4 is 26.4 Å². The molecule has 0 saturated carbocycles. The molecule has 2 aromatic carbocycles. The fraction of sp³-hybridized carbons (Fsp3) is 0.211. The van der Waals surface area contributed by atoms with E-state index in [1.807, 2.05) is 30.3 Å². The lowest BCUT2D eigenvalue weighted by Crippen LogP contribution is -3.00. The smallest absolute Gasteiger partial charge is 0.176 e. The maximum Gasteiger partial charge on any atom is 0.176 e. The molecule has 0 radical (unpaired) electrons. The molecular formula is C19H19Cl2NO2. The second-order valence-corrected chi connectivity index (χ2v) is 5.84. The fourth-order valence-corrected chi connectivity index (χ4v) is 2.87. The summed E-state index contributed by atoms with van der Waals surface area (Å²) in [5.41, 5.74) is 1.23. The molecule has 5 heteroatoms. The Bertz CT molecular complexity index is 837. The van der Waals surface area contributed by atoms with Gasteiger partial charge in [-0.3, -0.25) is 0 Å². The van der Waals surface area contributed by atoms with Crippen LogP contribution in [-0.4, -0.2) is 14.2 Å². The van der Waals surface area contributed by atoms with Crippen LogP contribution in [0.3, 0.4) is 0 Å². The first-order valence-corrected chi connectivity index (χ1v) is 7.86. The Balaban J connectivity index is 0.00000208. The van der Waals surface area contributed by atoms with Gasteiger partial charge in [0.15, 0.2) is 30.4 Å². The van der Waals surface area contributed by atoms with Gasteiger partial charge in [0.2, 0.25) is 0 Å². The number of pyridine rings is 1. The molecule has 0 atom stereocenters. The van der Waals surface area contributed by atoms with E-state index in [-0.39, 0.29) is 12.4 Å². The van der Waals surface area contributed by atoms with Crippen molar-refractivity contribution >= 4 is 22.4 Å². The first-order chi connectivity index (χ1) is 11.2. The molecule has 0 unspecified atom stereocenters. The third-order valence-corrected chi connectivity index (χ3v) is 4.12. The Morgan fingerprint density at radius 1 is 0.958 bits per heavy atom. The topological polar surface area (TPSA) is 22.3 Å². The van der Waals surface area contributed by atoms with E-state index < -0.39 is 0 Å². The number of benzene rings is 2. The zero-order valence-electron chi connectivity index (χ0n) is 13.6. The number of halogens is 2. The molecule has 24 heavy (non-hydrogen) atoms. The van der Waals surface area contributed by atoms with Crippen LogP contribution in [0.1, 0.15) is 5.56 Å². The minimum absolute atomic E-state index is 0. The Hall–Kier alpha value is -1.97. The van der Waals surface area contributed by atoms with Crippen LogP contribution in [0.2, 0.25) is 5.02 Å². The number of methoxy groups -OCH3 is 2. The number of ether oxygens (including phenoxy) is 2. The van der Waals surface area contributed by atoms with Gasteiger partial charge in [-0.1, -0.05) is 23.7 Å². The maximum absolute atomic E-state index is 6.03. The van der Waals surface area contributed by atoms with Crippen molar-refractivity contribution in [2.45, 2.75) is 13.0 Å². The number of nitrogens with zero attached hydrogens (tertiary/aromatic N) is 1. The van der Waals surface area contributed by atoms with Gasteiger partial charge in [-0.25, -0.2) is 4.57 Å². The Labute approximate surface area is 153 Å². The highest BCUT2D eigenvalue weighted by atomic mass is 35.5. The lowest BCUT2D eigenvalue weighted by Gasteiger charge is -2.08. The number of hydrogen-bond donors (Lipinski definition) is 0. The highest BCUT2D eigenvalue weighted by Gasteiger charge is 2.09. The van der Waals surface area contributed by atoms with Crippen molar-refractivity contribution in [3.05, 3.63) is 65.4 Å². The second-order valence-electron chi connectivity index (χ2n) is 5.40. The molecule has 126 valence electrons. The molecule has 1 heterocycles. The van der Waals surface area contributed by atoms with Gasteiger partial charge in [-0.2, -0.15) is 0 Å². The van der Waals surface area contributed by atoms with Crippen molar-refractivity contribution in [3.8, 4) is 11.5 Å². The quantitative estimate of drug-likeness (QED) is 0.632. The van der Waals surface area contributed by atoms with Crippen molar-refractivity contribution in [1.82, 2.24) is 0 Å². The highest BCUT2D eigenvalue weighted by Crippen LogP contribution is 2.31. The van der Waals surface area contributed by atoms with Gasteiger partial charge in [0.1, 0.15) is 0 Å². The number of fused-ring (bicyclic) bond motifs is 1. The Morgan fingerprint density at radius 3 is 2.33 bits per heavy atom. The van der Waals surface area contributed by atoms with Gasteiger partial charge in [0.05, 0.1) is 14.2 Å². The summed E-state index contributed by atoms with van der Waals surface area (Å²) in [4.78, 5) is 0. The standard InChI is InChI=1S/C19H19ClNO2.ClH/c1-22-18-11-15-7-9-21(13-16(15)12-19(18)23-2)8-6-14-4-3-5-17(20)10-14;/h3-5,7,9-13H,6,8H2,1-2H3;1H/q+1;/p-1. The van der Waals surface area contributed by atoms with E-state index in [1.165, 1.54) is 5.56 Å². The maximum atomic E-state index is 6.03. The molecule has 0 aliphatic rings. The van der Waals surface area contributed by atoms with Crippen molar-refractivity contribution in [1.29, 1.82) is 0 Å². The summed E-state index contributed by atoms with van der Waals surface area (Å²) in [7, 11) is 3.30. The van der Waals surface area contributed by atoms with E-state index in [0.717, 1.165) is 40.3 Å². The average molecular weight is 364 g/mol. The first-order valence-electron chi connectivity index (χ1n) is 7.49. The highest BCUT2D eigenvalue weighted by molar-refractivity contribution is 6.30. The van der Waals surface area contributed by atoms with Crippen LogP contribution in [0.15, 0.2) is 54.9 Å². The van der Waals surface area contributed by atoms with Gasteiger partial charge in [0, 0.05) is 22.9 Å². The van der Waals surface area contributed by atoms with Gasteiger partial charge in [-0.05, 0) is 35.2 Å². The largest absolute Gasteiger partial charge is 1.00 e. The summed E-state index contributed by atoms with van der Waals surface area (Å²) in [5.74, 6) is 1.49. The molecular weight excluding hydrogens is 345 g/mol. The van der Waals surface area contributed by atoms with Gasteiger partial charge < -0.3 is 21.9 Å². The minimum atomic E-state index is 0. The normalized spacial score (nSPS) is 10.3. The predicted octanol–water partition coefficient (Wildman–Crippen LogP) is 1.04. The fourth-order valence-electron chi connectivity index (χ4n) is 2.65. The SMILES string of the molecule is COc1cc2cc[n+](CCc3cccc(Cl)c3)cc2cc1OC.[Cl-]. The molecule has 0 N–H and O–H groups in total. The summed E-state index contributed by atoms with van der Waals surface area (Å²) >= 11 is 6.03. The summed E-state index contributed by atoms with van der Waals surface area (Å²) < 4.78 is 12.9. The number of aryl methyl sites for hydroxylation is 2. The minimum Gasteiger partial charge on any atom is -1.00 e. The summed E-state index contributed by atoms with van der Waals surface area (Å²) in [6.45, 7) is 0.893. The summed E-state index contributed by atoms with van der Waals surface area (Å²) in [5, 5.41) is 3.03. The van der Waals surface area contributed by atoms with Crippen LogP contribution in [0.5, 0.6) is 11.5 Å². The molecule has 0 bridgehead atoms. The van der Waals surface area contributed by atoms with E-state index in [0.29, 0.717) is 0 Å². The van der Waals surface area contributed by atoms with E-state index in [9.17, 15) is 0 Å². The zero-order chi connectivity index (χ0) is 16.2. The van der Waals surface area contributed by atoms with E-state index >= 15 is 0 Å². The summed E-state index contributed by atoms with van der Waals surface area (Å²) in [6, 6.07) is 14.1. The van der Waals surface area contributed by atoms with Crippen LogP contribution in [0.25, 0.3) is 10.8 Å². The van der Waals surface area contributed by atoms with Crippen molar-refractivity contribution in [3.63, 3.8) is 0 Å². The van der Waals surface area contributed by atoms with Crippen molar-refractivity contribution < 1.29 is 26.4 Å². The molecule has 0 spiro atoms. The number of aromatic nitrogens is 1. The lowest BCUT2D eigenvalue weighted by atomic mass is 10.1. The van der Waals surface area contributed by atoms with Gasteiger partial charge in [-0.15, -0.1) is 0 Å². The molecule has 0 amide bonds. The van der Waals surface area contributed by atoms with Crippen LogP contribution in [0.4, 0.5) is 0 Å². The third-order valence-electron chi connectivity index (χ3n) is 3.89. The molecule has 0 saturated heterocycles.